The van der Waals surface area contributed by atoms with E-state index < -0.39 is 0 Å². The Kier molecular flexibility index (Phi) is 5.67. The van der Waals surface area contributed by atoms with Crippen LogP contribution in [0.25, 0.3) is 0 Å². The van der Waals surface area contributed by atoms with Gasteiger partial charge in [0.2, 0.25) is 0 Å². The molecule has 2 heterocycles. The third kappa shape index (κ3) is 3.71. The first kappa shape index (κ1) is 15.3. The van der Waals surface area contributed by atoms with Crippen LogP contribution in [-0.4, -0.2) is 50.3 Å². The molecule has 3 nitrogen and oxygen atoms in total. The SMILES string of the molecule is CCCNC1COCC1CN1CCC(CC)(CC)C1. The van der Waals surface area contributed by atoms with Crippen molar-refractivity contribution in [2.45, 2.75) is 52.5 Å². The largest absolute Gasteiger partial charge is 0.379 e. The molecule has 0 aromatic rings. The van der Waals surface area contributed by atoms with Crippen molar-refractivity contribution in [3.8, 4) is 0 Å². The molecular formula is C16H32N2O. The van der Waals surface area contributed by atoms with Crippen LogP contribution in [0.4, 0.5) is 0 Å². The topological polar surface area (TPSA) is 24.5 Å². The smallest absolute Gasteiger partial charge is 0.0623 e. The molecule has 2 aliphatic rings. The van der Waals surface area contributed by atoms with Gasteiger partial charge in [-0.05, 0) is 44.2 Å². The number of hydrogen-bond acceptors (Lipinski definition) is 3. The molecule has 0 bridgehead atoms. The first-order chi connectivity index (χ1) is 9.23. The number of nitrogens with zero attached hydrogens (tertiary/aromatic N) is 1. The van der Waals surface area contributed by atoms with Crippen LogP contribution in [0.15, 0.2) is 0 Å². The Bertz CT molecular complexity index is 265. The Morgan fingerprint density at radius 3 is 2.63 bits per heavy atom. The molecule has 2 aliphatic heterocycles. The minimum Gasteiger partial charge on any atom is -0.379 e. The third-order valence-electron chi connectivity index (χ3n) is 5.36. The molecule has 1 N–H and O–H groups in total. The molecular weight excluding hydrogens is 236 g/mol. The molecule has 2 rings (SSSR count). The van der Waals surface area contributed by atoms with Crippen LogP contribution >= 0.6 is 0 Å². The summed E-state index contributed by atoms with van der Waals surface area (Å²) in [6.07, 6.45) is 5.26. The summed E-state index contributed by atoms with van der Waals surface area (Å²) in [4.78, 5) is 2.69. The van der Waals surface area contributed by atoms with Crippen molar-refractivity contribution in [2.24, 2.45) is 11.3 Å². The molecule has 112 valence electrons. The van der Waals surface area contributed by atoms with E-state index in [0.717, 1.165) is 19.8 Å². The summed E-state index contributed by atoms with van der Waals surface area (Å²) < 4.78 is 5.69. The molecule has 2 unspecified atom stereocenters. The highest BCUT2D eigenvalue weighted by molar-refractivity contribution is 4.91. The van der Waals surface area contributed by atoms with E-state index in [4.69, 9.17) is 4.74 Å². The molecule has 0 spiro atoms. The molecule has 3 heteroatoms. The molecule has 2 saturated heterocycles. The first-order valence-corrected chi connectivity index (χ1v) is 8.26. The van der Waals surface area contributed by atoms with Gasteiger partial charge in [0.05, 0.1) is 13.2 Å². The lowest BCUT2D eigenvalue weighted by molar-refractivity contribution is 0.167. The number of rotatable bonds is 7. The van der Waals surface area contributed by atoms with Gasteiger partial charge in [-0.25, -0.2) is 0 Å². The van der Waals surface area contributed by atoms with Crippen molar-refractivity contribution in [3.05, 3.63) is 0 Å². The monoisotopic (exact) mass is 268 g/mol. The Hall–Kier alpha value is -0.120. The molecule has 0 amide bonds. The molecule has 0 saturated carbocycles. The van der Waals surface area contributed by atoms with E-state index >= 15 is 0 Å². The summed E-state index contributed by atoms with van der Waals surface area (Å²) >= 11 is 0. The summed E-state index contributed by atoms with van der Waals surface area (Å²) in [5.41, 5.74) is 0.603. The van der Waals surface area contributed by atoms with Crippen LogP contribution in [0.1, 0.15) is 46.5 Å². The average molecular weight is 268 g/mol. The van der Waals surface area contributed by atoms with Crippen molar-refractivity contribution in [1.82, 2.24) is 10.2 Å². The van der Waals surface area contributed by atoms with Gasteiger partial charge in [0, 0.05) is 25.0 Å². The van der Waals surface area contributed by atoms with E-state index in [1.807, 2.05) is 0 Å². The maximum absolute atomic E-state index is 5.69. The Morgan fingerprint density at radius 2 is 2.00 bits per heavy atom. The molecule has 0 aliphatic carbocycles. The van der Waals surface area contributed by atoms with Crippen LogP contribution in [0.5, 0.6) is 0 Å². The number of nitrogens with one attached hydrogen (secondary N) is 1. The number of ether oxygens (including phenoxy) is 1. The van der Waals surface area contributed by atoms with Gasteiger partial charge in [-0.15, -0.1) is 0 Å². The van der Waals surface area contributed by atoms with Crippen LogP contribution in [0.2, 0.25) is 0 Å². The van der Waals surface area contributed by atoms with Crippen LogP contribution < -0.4 is 5.32 Å². The minimum absolute atomic E-state index is 0.582. The van der Waals surface area contributed by atoms with Crippen LogP contribution in [-0.2, 0) is 4.74 Å². The van der Waals surface area contributed by atoms with Gasteiger partial charge in [-0.3, -0.25) is 0 Å². The first-order valence-electron chi connectivity index (χ1n) is 8.26. The van der Waals surface area contributed by atoms with Gasteiger partial charge in [0.1, 0.15) is 0 Å². The minimum atomic E-state index is 0.582. The molecule has 0 radical (unpaired) electrons. The molecule has 2 atom stereocenters. The highest BCUT2D eigenvalue weighted by Crippen LogP contribution is 2.37. The fraction of sp³-hybridized carbons (Fsp3) is 1.00. The van der Waals surface area contributed by atoms with E-state index in [1.165, 1.54) is 45.3 Å². The maximum atomic E-state index is 5.69. The zero-order valence-electron chi connectivity index (χ0n) is 13.1. The summed E-state index contributed by atoms with van der Waals surface area (Å²) in [5.74, 6) is 0.691. The van der Waals surface area contributed by atoms with Gasteiger partial charge in [0.25, 0.3) is 0 Å². The van der Waals surface area contributed by atoms with Crippen LogP contribution in [0, 0.1) is 11.3 Å². The second-order valence-electron chi connectivity index (χ2n) is 6.55. The lowest BCUT2D eigenvalue weighted by atomic mass is 9.82. The normalized spacial score (nSPS) is 31.1. The lowest BCUT2D eigenvalue weighted by Crippen LogP contribution is -2.42. The predicted octanol–water partition coefficient (Wildman–Crippen LogP) is 2.51. The summed E-state index contributed by atoms with van der Waals surface area (Å²) in [6, 6.07) is 0.582. The predicted molar refractivity (Wildman–Crippen MR) is 80.5 cm³/mol. The summed E-state index contributed by atoms with van der Waals surface area (Å²) in [7, 11) is 0. The van der Waals surface area contributed by atoms with E-state index in [1.54, 1.807) is 0 Å². The standard InChI is InChI=1S/C16H32N2O/c1-4-8-17-15-12-19-11-14(15)10-18-9-7-16(5-2,6-3)13-18/h14-15,17H,4-13H2,1-3H3. The van der Waals surface area contributed by atoms with Crippen LogP contribution in [0.3, 0.4) is 0 Å². The molecule has 19 heavy (non-hydrogen) atoms. The Labute approximate surface area is 119 Å². The van der Waals surface area contributed by atoms with Gasteiger partial charge in [-0.1, -0.05) is 20.8 Å². The second-order valence-corrected chi connectivity index (χ2v) is 6.55. The van der Waals surface area contributed by atoms with E-state index in [2.05, 4.69) is 31.0 Å². The summed E-state index contributed by atoms with van der Waals surface area (Å²) in [6.45, 7) is 13.7. The van der Waals surface area contributed by atoms with Crippen molar-refractivity contribution in [1.29, 1.82) is 0 Å². The Morgan fingerprint density at radius 1 is 1.21 bits per heavy atom. The zero-order valence-corrected chi connectivity index (χ0v) is 13.1. The number of likely N-dealkylation sites (tertiary alicyclic amines) is 1. The van der Waals surface area contributed by atoms with Crippen molar-refractivity contribution >= 4 is 0 Å². The zero-order chi connectivity index (χ0) is 13.7. The van der Waals surface area contributed by atoms with Gasteiger partial charge < -0.3 is 15.0 Å². The third-order valence-corrected chi connectivity index (χ3v) is 5.36. The number of hydrogen-bond donors (Lipinski definition) is 1. The maximum Gasteiger partial charge on any atom is 0.0623 e. The van der Waals surface area contributed by atoms with E-state index in [9.17, 15) is 0 Å². The van der Waals surface area contributed by atoms with Crippen molar-refractivity contribution in [3.63, 3.8) is 0 Å². The second kappa shape index (κ2) is 7.05. The Balaban J connectivity index is 1.81. The van der Waals surface area contributed by atoms with E-state index in [0.29, 0.717) is 17.4 Å². The fourth-order valence-corrected chi connectivity index (χ4v) is 3.68. The van der Waals surface area contributed by atoms with E-state index in [-0.39, 0.29) is 0 Å². The highest BCUT2D eigenvalue weighted by atomic mass is 16.5. The fourth-order valence-electron chi connectivity index (χ4n) is 3.68. The van der Waals surface area contributed by atoms with Gasteiger partial charge in [-0.2, -0.15) is 0 Å². The molecule has 0 aromatic heterocycles. The van der Waals surface area contributed by atoms with Gasteiger partial charge in [0.15, 0.2) is 0 Å². The quantitative estimate of drug-likeness (QED) is 0.768. The summed E-state index contributed by atoms with van der Waals surface area (Å²) in [5, 5.41) is 3.65. The molecule has 0 aromatic carbocycles. The highest BCUT2D eigenvalue weighted by Gasteiger charge is 2.37. The van der Waals surface area contributed by atoms with Gasteiger partial charge >= 0.3 is 0 Å². The average Bonchev–Trinajstić information content (AvgIpc) is 3.04. The van der Waals surface area contributed by atoms with Crippen molar-refractivity contribution < 1.29 is 4.74 Å². The molecule has 2 fully saturated rings. The lowest BCUT2D eigenvalue weighted by Gasteiger charge is -2.28. The van der Waals surface area contributed by atoms with Crippen molar-refractivity contribution in [2.75, 3.05) is 39.4 Å².